The van der Waals surface area contributed by atoms with Crippen LogP contribution in [0, 0.1) is 12.8 Å². The van der Waals surface area contributed by atoms with Gasteiger partial charge in [0.25, 0.3) is 5.91 Å². The molecule has 6 nitrogen and oxygen atoms in total. The lowest BCUT2D eigenvalue weighted by Crippen LogP contribution is -2.14. The maximum Gasteiger partial charge on any atom is 0.255 e. The van der Waals surface area contributed by atoms with Crippen molar-refractivity contribution in [1.29, 1.82) is 0 Å². The van der Waals surface area contributed by atoms with E-state index in [1.807, 2.05) is 50.2 Å². The average Bonchev–Trinajstić information content (AvgIpc) is 3.55. The molecule has 35 heavy (non-hydrogen) atoms. The van der Waals surface area contributed by atoms with Gasteiger partial charge in [-0.05, 0) is 73.7 Å². The minimum absolute atomic E-state index is 0.0323. The number of rotatable bonds is 7. The van der Waals surface area contributed by atoms with Crippen LogP contribution in [0.1, 0.15) is 40.7 Å². The molecule has 1 aromatic heterocycles. The zero-order valence-corrected chi connectivity index (χ0v) is 20.9. The van der Waals surface area contributed by atoms with E-state index in [1.165, 1.54) is 11.3 Å². The summed E-state index contributed by atoms with van der Waals surface area (Å²) in [6.07, 6.45) is 0.816. The highest BCUT2D eigenvalue weighted by atomic mass is 35.5. The number of amides is 2. The van der Waals surface area contributed by atoms with E-state index >= 15 is 0 Å². The van der Waals surface area contributed by atoms with Crippen LogP contribution in [0.15, 0.2) is 60.7 Å². The Morgan fingerprint density at radius 2 is 1.91 bits per heavy atom. The summed E-state index contributed by atoms with van der Waals surface area (Å²) in [5.41, 5.74) is 3.86. The van der Waals surface area contributed by atoms with Crippen LogP contribution in [0.25, 0.3) is 10.2 Å². The molecule has 1 aliphatic rings. The van der Waals surface area contributed by atoms with Crippen molar-refractivity contribution in [2.75, 3.05) is 17.2 Å². The first-order valence-corrected chi connectivity index (χ1v) is 12.6. The number of nitrogens with one attached hydrogen (secondary N) is 2. The molecular weight excluding hydrogens is 482 g/mol. The molecule has 2 amide bonds. The maximum atomic E-state index is 12.8. The van der Waals surface area contributed by atoms with Gasteiger partial charge in [0.2, 0.25) is 5.91 Å². The van der Waals surface area contributed by atoms with Crippen molar-refractivity contribution < 1.29 is 14.3 Å². The molecule has 0 bridgehead atoms. The molecule has 0 aliphatic heterocycles. The van der Waals surface area contributed by atoms with Crippen molar-refractivity contribution in [2.24, 2.45) is 5.92 Å². The van der Waals surface area contributed by atoms with E-state index in [0.29, 0.717) is 28.0 Å². The van der Waals surface area contributed by atoms with Gasteiger partial charge in [-0.3, -0.25) is 9.59 Å². The van der Waals surface area contributed by atoms with Gasteiger partial charge in [-0.25, -0.2) is 4.98 Å². The van der Waals surface area contributed by atoms with Crippen LogP contribution in [-0.4, -0.2) is 23.4 Å². The molecule has 0 spiro atoms. The number of fused-ring (bicyclic) bond motifs is 1. The van der Waals surface area contributed by atoms with Crippen LogP contribution in [0.4, 0.5) is 10.8 Å². The fourth-order valence-corrected chi connectivity index (χ4v) is 5.30. The first-order chi connectivity index (χ1) is 16.9. The number of thiazole rings is 1. The lowest BCUT2D eigenvalue weighted by atomic mass is 10.1. The second-order valence-corrected chi connectivity index (χ2v) is 9.97. The number of carbonyl (C=O) groups excluding carboxylic acids is 2. The molecule has 1 heterocycles. The van der Waals surface area contributed by atoms with Crippen LogP contribution in [0.2, 0.25) is 5.02 Å². The molecule has 4 aromatic rings. The fourth-order valence-electron chi connectivity index (χ4n) is 4.12. The minimum atomic E-state index is -0.252. The van der Waals surface area contributed by atoms with Crippen molar-refractivity contribution in [3.8, 4) is 5.75 Å². The first kappa shape index (κ1) is 23.3. The highest BCUT2D eigenvalue weighted by molar-refractivity contribution is 7.22. The Labute approximate surface area is 212 Å². The summed E-state index contributed by atoms with van der Waals surface area (Å²) in [4.78, 5) is 30.1. The predicted octanol–water partition coefficient (Wildman–Crippen LogP) is 6.65. The fraction of sp³-hybridized carbons (Fsp3) is 0.222. The maximum absolute atomic E-state index is 12.8. The van der Waals surface area contributed by atoms with E-state index in [0.717, 1.165) is 33.5 Å². The van der Waals surface area contributed by atoms with Crippen LogP contribution in [-0.2, 0) is 4.79 Å². The Bertz CT molecular complexity index is 1400. The number of hydrogen-bond acceptors (Lipinski definition) is 5. The predicted molar refractivity (Wildman–Crippen MR) is 141 cm³/mol. The molecule has 3 aromatic carbocycles. The minimum Gasteiger partial charge on any atom is -0.494 e. The van der Waals surface area contributed by atoms with E-state index in [9.17, 15) is 9.59 Å². The summed E-state index contributed by atoms with van der Waals surface area (Å²) in [6, 6.07) is 18.7. The third-order valence-corrected chi connectivity index (χ3v) is 7.34. The van der Waals surface area contributed by atoms with Crippen molar-refractivity contribution in [3.05, 3.63) is 82.4 Å². The second-order valence-electron chi connectivity index (χ2n) is 8.53. The summed E-state index contributed by atoms with van der Waals surface area (Å²) in [6.45, 7) is 4.47. The molecule has 2 N–H and O–H groups in total. The molecule has 5 rings (SSSR count). The number of carbonyl (C=O) groups is 2. The summed E-state index contributed by atoms with van der Waals surface area (Å²) in [5.74, 6) is 0.694. The van der Waals surface area contributed by atoms with E-state index in [2.05, 4.69) is 15.6 Å². The summed E-state index contributed by atoms with van der Waals surface area (Å²) < 4.78 is 6.31. The van der Waals surface area contributed by atoms with Crippen LogP contribution in [0.5, 0.6) is 5.75 Å². The number of nitrogens with zero attached hydrogens (tertiary/aromatic N) is 1. The van der Waals surface area contributed by atoms with Gasteiger partial charge in [0, 0.05) is 11.5 Å². The van der Waals surface area contributed by atoms with Crippen LogP contribution < -0.4 is 15.4 Å². The summed E-state index contributed by atoms with van der Waals surface area (Å²) >= 11 is 7.59. The Hall–Kier alpha value is -3.42. The number of hydrogen-bond donors (Lipinski definition) is 2. The largest absolute Gasteiger partial charge is 0.494 e. The summed E-state index contributed by atoms with van der Waals surface area (Å²) in [5, 5.41) is 6.86. The van der Waals surface area contributed by atoms with E-state index < -0.39 is 0 Å². The van der Waals surface area contributed by atoms with Crippen molar-refractivity contribution in [3.63, 3.8) is 0 Å². The zero-order chi connectivity index (χ0) is 24.5. The number of aryl methyl sites for hydroxylation is 1. The number of ether oxygens (including phenoxy) is 1. The number of aromatic nitrogens is 1. The zero-order valence-electron chi connectivity index (χ0n) is 19.3. The monoisotopic (exact) mass is 505 g/mol. The van der Waals surface area contributed by atoms with Gasteiger partial charge in [0.15, 0.2) is 5.13 Å². The molecule has 1 fully saturated rings. The van der Waals surface area contributed by atoms with Crippen LogP contribution in [0.3, 0.4) is 0 Å². The van der Waals surface area contributed by atoms with E-state index in [4.69, 9.17) is 16.3 Å². The van der Waals surface area contributed by atoms with Gasteiger partial charge in [-0.2, -0.15) is 0 Å². The first-order valence-electron chi connectivity index (χ1n) is 11.4. The molecule has 178 valence electrons. The SMILES string of the molecule is CCOc1ccc([C@@H]2C[C@H]2C(=O)Nc2nc3ccc(C(=O)Nc4c(C)cccc4Cl)cc3s2)cc1. The Morgan fingerprint density at radius 1 is 1.11 bits per heavy atom. The second kappa shape index (κ2) is 9.68. The van der Waals surface area contributed by atoms with Gasteiger partial charge in [-0.1, -0.05) is 47.2 Å². The highest BCUT2D eigenvalue weighted by Crippen LogP contribution is 2.48. The van der Waals surface area contributed by atoms with Crippen molar-refractivity contribution in [2.45, 2.75) is 26.2 Å². The van der Waals surface area contributed by atoms with Gasteiger partial charge >= 0.3 is 0 Å². The molecular formula is C27H24ClN3O3S. The molecule has 0 saturated heterocycles. The smallest absolute Gasteiger partial charge is 0.255 e. The molecule has 2 atom stereocenters. The van der Waals surface area contributed by atoms with Gasteiger partial charge in [0.05, 0.1) is 27.5 Å². The third kappa shape index (κ3) is 5.01. The number of para-hydroxylation sites is 1. The molecule has 1 aliphatic carbocycles. The standard InChI is InChI=1S/C27H24ClN3O3S/c1-3-34-18-10-7-16(8-11-18)19-14-20(19)26(33)31-27-29-22-12-9-17(13-23(22)35-27)25(32)30-24-15(2)5-4-6-21(24)28/h4-13,19-20H,3,14H2,1-2H3,(H,30,32)(H,29,31,33)/t19-,20+/m0/s1. The molecule has 1 saturated carbocycles. The van der Waals surface area contributed by atoms with E-state index in [-0.39, 0.29) is 23.7 Å². The Morgan fingerprint density at radius 3 is 2.66 bits per heavy atom. The van der Waals surface area contributed by atoms with Crippen molar-refractivity contribution >= 4 is 55.8 Å². The topological polar surface area (TPSA) is 80.3 Å². The lowest BCUT2D eigenvalue weighted by molar-refractivity contribution is -0.117. The lowest BCUT2D eigenvalue weighted by Gasteiger charge is -2.10. The molecule has 8 heteroatoms. The third-order valence-electron chi connectivity index (χ3n) is 6.09. The van der Waals surface area contributed by atoms with Crippen LogP contribution >= 0.6 is 22.9 Å². The Kier molecular flexibility index (Phi) is 6.45. The van der Waals surface area contributed by atoms with Crippen molar-refractivity contribution in [1.82, 2.24) is 4.98 Å². The highest BCUT2D eigenvalue weighted by Gasteiger charge is 2.44. The normalized spacial score (nSPS) is 16.7. The molecule has 0 unspecified atom stereocenters. The van der Waals surface area contributed by atoms with Gasteiger partial charge in [-0.15, -0.1) is 0 Å². The number of anilines is 2. The van der Waals surface area contributed by atoms with E-state index in [1.54, 1.807) is 24.3 Å². The summed E-state index contributed by atoms with van der Waals surface area (Å²) in [7, 11) is 0. The number of halogens is 1. The Balaban J connectivity index is 1.25. The molecule has 0 radical (unpaired) electrons. The average molecular weight is 506 g/mol. The van der Waals surface area contributed by atoms with Gasteiger partial charge < -0.3 is 15.4 Å². The number of benzene rings is 3. The van der Waals surface area contributed by atoms with Gasteiger partial charge in [0.1, 0.15) is 5.75 Å². The quantitative estimate of drug-likeness (QED) is 0.294.